The van der Waals surface area contributed by atoms with Gasteiger partial charge in [-0.15, -0.1) is 0 Å². The topological polar surface area (TPSA) is 56.1 Å². The molecule has 0 saturated heterocycles. The number of nitrogens with zero attached hydrogens (tertiary/aromatic N) is 2. The molecule has 0 radical (unpaired) electrons. The molecule has 5 nitrogen and oxygen atoms in total. The first-order valence-corrected chi connectivity index (χ1v) is 8.51. The molecule has 0 bridgehead atoms. The Kier molecular flexibility index (Phi) is 5.33. The Hall–Kier alpha value is -2.82. The van der Waals surface area contributed by atoms with Gasteiger partial charge in [-0.1, -0.05) is 30.3 Å². The predicted molar refractivity (Wildman–Crippen MR) is 98.9 cm³/mol. The molecule has 130 valence electrons. The second-order valence-electron chi connectivity index (χ2n) is 6.06. The third kappa shape index (κ3) is 3.82. The van der Waals surface area contributed by atoms with Gasteiger partial charge < -0.3 is 14.6 Å². The highest BCUT2D eigenvalue weighted by molar-refractivity contribution is 5.75. The van der Waals surface area contributed by atoms with Crippen LogP contribution >= 0.6 is 0 Å². The van der Waals surface area contributed by atoms with Crippen LogP contribution in [0.1, 0.15) is 17.0 Å². The zero-order valence-corrected chi connectivity index (χ0v) is 14.7. The number of carbonyl (C=O) groups is 1. The number of hydrogen-bond acceptors (Lipinski definition) is 3. The van der Waals surface area contributed by atoms with Gasteiger partial charge in [-0.2, -0.15) is 0 Å². The molecule has 0 aliphatic heterocycles. The molecule has 0 aliphatic rings. The van der Waals surface area contributed by atoms with E-state index in [1.54, 1.807) is 0 Å². The summed E-state index contributed by atoms with van der Waals surface area (Å²) in [6, 6.07) is 14.2. The van der Waals surface area contributed by atoms with Crippen molar-refractivity contribution < 1.29 is 9.53 Å². The lowest BCUT2D eigenvalue weighted by molar-refractivity contribution is -0.109. The molecule has 0 aliphatic carbocycles. The number of rotatable bonds is 8. The summed E-state index contributed by atoms with van der Waals surface area (Å²) in [4.78, 5) is 15.2. The Morgan fingerprint density at radius 2 is 1.88 bits per heavy atom. The summed E-state index contributed by atoms with van der Waals surface area (Å²) in [6.45, 7) is 5.98. The fourth-order valence-electron chi connectivity index (χ4n) is 3.07. The van der Waals surface area contributed by atoms with E-state index in [0.29, 0.717) is 26.1 Å². The molecular weight excluding hydrogens is 314 g/mol. The summed E-state index contributed by atoms with van der Waals surface area (Å²) in [6.07, 6.45) is 1.41. The maximum atomic E-state index is 10.5. The smallest absolute Gasteiger partial charge is 0.207 e. The minimum atomic E-state index is 0.570. The van der Waals surface area contributed by atoms with E-state index >= 15 is 0 Å². The lowest BCUT2D eigenvalue weighted by Crippen LogP contribution is -2.18. The van der Waals surface area contributed by atoms with Gasteiger partial charge in [0.05, 0.1) is 17.6 Å². The Balaban J connectivity index is 1.77. The number of amides is 1. The zero-order valence-electron chi connectivity index (χ0n) is 14.7. The third-order valence-electron chi connectivity index (χ3n) is 4.28. The van der Waals surface area contributed by atoms with E-state index < -0.39 is 0 Å². The van der Waals surface area contributed by atoms with E-state index in [9.17, 15) is 4.79 Å². The van der Waals surface area contributed by atoms with Crippen LogP contribution in [-0.2, 0) is 17.8 Å². The zero-order chi connectivity index (χ0) is 17.6. The lowest BCUT2D eigenvalue weighted by atomic mass is 10.1. The summed E-state index contributed by atoms with van der Waals surface area (Å²) in [5, 5.41) is 2.70. The molecule has 1 aromatic heterocycles. The van der Waals surface area contributed by atoms with E-state index in [-0.39, 0.29) is 0 Å². The maximum Gasteiger partial charge on any atom is 0.207 e. The highest BCUT2D eigenvalue weighted by atomic mass is 16.5. The molecular formula is C20H23N3O2. The van der Waals surface area contributed by atoms with Crippen LogP contribution in [0, 0.1) is 13.8 Å². The number of fused-ring (bicyclic) bond motifs is 1. The number of hydrogen-bond donors (Lipinski definition) is 1. The summed E-state index contributed by atoms with van der Waals surface area (Å²) in [5.41, 5.74) is 4.35. The number of nitrogens with one attached hydrogen (secondary N) is 1. The van der Waals surface area contributed by atoms with E-state index in [1.165, 1.54) is 0 Å². The maximum absolute atomic E-state index is 10.5. The van der Waals surface area contributed by atoms with Gasteiger partial charge in [0.1, 0.15) is 18.2 Å². The van der Waals surface area contributed by atoms with Crippen LogP contribution < -0.4 is 10.1 Å². The SMILES string of the molecule is Cc1cccc(C)c1OCCn1c(CCNC=O)nc2ccccc21. The quantitative estimate of drug-likeness (QED) is 0.508. The van der Waals surface area contributed by atoms with Crippen molar-refractivity contribution in [2.45, 2.75) is 26.8 Å². The van der Waals surface area contributed by atoms with Gasteiger partial charge in [-0.25, -0.2) is 4.98 Å². The summed E-state index contributed by atoms with van der Waals surface area (Å²) < 4.78 is 8.23. The molecule has 3 rings (SSSR count). The summed E-state index contributed by atoms with van der Waals surface area (Å²) in [7, 11) is 0. The van der Waals surface area contributed by atoms with Crippen molar-refractivity contribution in [2.24, 2.45) is 0 Å². The van der Waals surface area contributed by atoms with Crippen molar-refractivity contribution in [3.8, 4) is 5.75 Å². The largest absolute Gasteiger partial charge is 0.491 e. The molecule has 0 atom stereocenters. The minimum absolute atomic E-state index is 0.570. The van der Waals surface area contributed by atoms with Crippen LogP contribution in [0.3, 0.4) is 0 Å². The summed E-state index contributed by atoms with van der Waals surface area (Å²) in [5.74, 6) is 1.91. The Labute approximate surface area is 147 Å². The van der Waals surface area contributed by atoms with Crippen molar-refractivity contribution in [2.75, 3.05) is 13.2 Å². The highest BCUT2D eigenvalue weighted by Gasteiger charge is 2.11. The summed E-state index contributed by atoms with van der Waals surface area (Å²) >= 11 is 0. The molecule has 0 saturated carbocycles. The van der Waals surface area contributed by atoms with Gasteiger partial charge in [0.15, 0.2) is 0 Å². The van der Waals surface area contributed by atoms with E-state index in [4.69, 9.17) is 9.72 Å². The average Bonchev–Trinajstić information content (AvgIpc) is 2.95. The Bertz CT molecular complexity index is 850. The molecule has 25 heavy (non-hydrogen) atoms. The van der Waals surface area contributed by atoms with Gasteiger partial charge in [0.2, 0.25) is 6.41 Å². The van der Waals surface area contributed by atoms with Gasteiger partial charge >= 0.3 is 0 Å². The van der Waals surface area contributed by atoms with Crippen LogP contribution in [0.25, 0.3) is 11.0 Å². The minimum Gasteiger partial charge on any atom is -0.491 e. The molecule has 3 aromatic rings. The second-order valence-corrected chi connectivity index (χ2v) is 6.06. The molecule has 0 fully saturated rings. The predicted octanol–water partition coefficient (Wildman–Crippen LogP) is 3.02. The normalized spacial score (nSPS) is 10.8. The van der Waals surface area contributed by atoms with Crippen molar-refractivity contribution in [3.63, 3.8) is 0 Å². The van der Waals surface area contributed by atoms with E-state index in [1.807, 2.05) is 24.3 Å². The van der Waals surface area contributed by atoms with Gasteiger partial charge in [-0.3, -0.25) is 4.79 Å². The number of imidazole rings is 1. The fraction of sp³-hybridized carbons (Fsp3) is 0.300. The van der Waals surface area contributed by atoms with E-state index in [2.05, 4.69) is 41.9 Å². The van der Waals surface area contributed by atoms with Gasteiger partial charge in [-0.05, 0) is 37.1 Å². The molecule has 1 heterocycles. The number of aryl methyl sites for hydroxylation is 2. The average molecular weight is 337 g/mol. The van der Waals surface area contributed by atoms with Crippen LogP contribution in [0.15, 0.2) is 42.5 Å². The number of para-hydroxylation sites is 3. The first-order valence-electron chi connectivity index (χ1n) is 8.51. The van der Waals surface area contributed by atoms with Gasteiger partial charge in [0.25, 0.3) is 0 Å². The first-order chi connectivity index (χ1) is 12.2. The van der Waals surface area contributed by atoms with E-state index in [0.717, 1.165) is 40.1 Å². The number of ether oxygens (including phenoxy) is 1. The van der Waals surface area contributed by atoms with Crippen molar-refractivity contribution in [1.82, 2.24) is 14.9 Å². The van der Waals surface area contributed by atoms with Crippen LogP contribution in [0.2, 0.25) is 0 Å². The van der Waals surface area contributed by atoms with Gasteiger partial charge in [0, 0.05) is 13.0 Å². The van der Waals surface area contributed by atoms with Crippen molar-refractivity contribution in [3.05, 3.63) is 59.4 Å². The number of benzene rings is 2. The highest BCUT2D eigenvalue weighted by Crippen LogP contribution is 2.23. The second kappa shape index (κ2) is 7.83. The molecule has 1 N–H and O–H groups in total. The molecule has 1 amide bonds. The molecule has 5 heteroatoms. The molecule has 0 unspecified atom stereocenters. The number of carbonyl (C=O) groups excluding carboxylic acids is 1. The molecule has 2 aromatic carbocycles. The third-order valence-corrected chi connectivity index (χ3v) is 4.28. The Morgan fingerprint density at radius 3 is 2.64 bits per heavy atom. The van der Waals surface area contributed by atoms with Crippen LogP contribution in [0.4, 0.5) is 0 Å². The fourth-order valence-corrected chi connectivity index (χ4v) is 3.07. The van der Waals surface area contributed by atoms with Crippen LogP contribution in [-0.4, -0.2) is 29.1 Å². The van der Waals surface area contributed by atoms with Crippen molar-refractivity contribution >= 4 is 17.4 Å². The van der Waals surface area contributed by atoms with Crippen LogP contribution in [0.5, 0.6) is 5.75 Å². The van der Waals surface area contributed by atoms with Crippen molar-refractivity contribution in [1.29, 1.82) is 0 Å². The standard InChI is InChI=1S/C20H23N3O2/c1-15-6-5-7-16(2)20(15)25-13-12-23-18-9-4-3-8-17(18)22-19(23)10-11-21-14-24/h3-9,14H,10-13H2,1-2H3,(H,21,24). The lowest BCUT2D eigenvalue weighted by Gasteiger charge is -2.14. The molecule has 0 spiro atoms. The monoisotopic (exact) mass is 337 g/mol. The Morgan fingerprint density at radius 1 is 1.12 bits per heavy atom. The number of aromatic nitrogens is 2. The first kappa shape index (κ1) is 17.0.